The van der Waals surface area contributed by atoms with Gasteiger partial charge in [0.1, 0.15) is 0 Å². The summed E-state index contributed by atoms with van der Waals surface area (Å²) in [6.07, 6.45) is 2.39. The lowest BCUT2D eigenvalue weighted by Gasteiger charge is -2.41. The summed E-state index contributed by atoms with van der Waals surface area (Å²) < 4.78 is 10.3. The molecule has 0 radical (unpaired) electrons. The molecule has 2 atom stereocenters. The predicted molar refractivity (Wildman–Crippen MR) is 94.6 cm³/mol. The van der Waals surface area contributed by atoms with Crippen molar-refractivity contribution in [2.75, 3.05) is 51.4 Å². The number of benzene rings is 1. The minimum absolute atomic E-state index is 0.272. The number of ether oxygens (including phenoxy) is 2. The standard InChI is InChI=1S/C19H28N2O3/c1-15-12-16(14-20-8-10-24-11-9-20)6-7-21(15)18-5-3-4-17(13-18)19(22)23-2/h3-5,13,15-16H,6-12,14H2,1-2H3. The van der Waals surface area contributed by atoms with Crippen molar-refractivity contribution < 1.29 is 14.3 Å². The molecule has 0 aromatic heterocycles. The zero-order valence-electron chi connectivity index (χ0n) is 14.7. The Morgan fingerprint density at radius 1 is 1.29 bits per heavy atom. The molecular weight excluding hydrogens is 304 g/mol. The highest BCUT2D eigenvalue weighted by molar-refractivity contribution is 5.90. The fourth-order valence-corrected chi connectivity index (χ4v) is 3.90. The fraction of sp³-hybridized carbons (Fsp3) is 0.632. The molecule has 5 nitrogen and oxygen atoms in total. The second kappa shape index (κ2) is 7.99. The molecule has 2 aliphatic heterocycles. The first-order chi connectivity index (χ1) is 11.7. The molecule has 0 spiro atoms. The molecule has 24 heavy (non-hydrogen) atoms. The van der Waals surface area contributed by atoms with Gasteiger partial charge in [-0.3, -0.25) is 4.90 Å². The lowest BCUT2D eigenvalue weighted by atomic mass is 9.90. The molecule has 132 valence electrons. The molecule has 0 aliphatic carbocycles. The van der Waals surface area contributed by atoms with Gasteiger partial charge < -0.3 is 14.4 Å². The van der Waals surface area contributed by atoms with Gasteiger partial charge in [-0.1, -0.05) is 6.07 Å². The second-order valence-corrected chi connectivity index (χ2v) is 6.89. The first kappa shape index (κ1) is 17.2. The summed E-state index contributed by atoms with van der Waals surface area (Å²) in [4.78, 5) is 16.7. The van der Waals surface area contributed by atoms with Crippen LogP contribution in [-0.2, 0) is 9.47 Å². The van der Waals surface area contributed by atoms with Gasteiger partial charge in [0.25, 0.3) is 0 Å². The van der Waals surface area contributed by atoms with Crippen LogP contribution >= 0.6 is 0 Å². The lowest BCUT2D eigenvalue weighted by molar-refractivity contribution is 0.0280. The lowest BCUT2D eigenvalue weighted by Crippen LogP contribution is -2.46. The molecule has 0 amide bonds. The number of methoxy groups -OCH3 is 1. The van der Waals surface area contributed by atoms with Crippen molar-refractivity contribution in [1.29, 1.82) is 0 Å². The smallest absolute Gasteiger partial charge is 0.337 e. The zero-order valence-corrected chi connectivity index (χ0v) is 14.7. The number of carbonyl (C=O) groups is 1. The Bertz CT molecular complexity index is 557. The van der Waals surface area contributed by atoms with E-state index in [0.29, 0.717) is 11.6 Å². The van der Waals surface area contributed by atoms with Crippen molar-refractivity contribution in [2.24, 2.45) is 5.92 Å². The average Bonchev–Trinajstić information content (AvgIpc) is 2.62. The van der Waals surface area contributed by atoms with Crippen LogP contribution in [0.5, 0.6) is 0 Å². The second-order valence-electron chi connectivity index (χ2n) is 6.89. The normalized spacial score (nSPS) is 25.5. The number of carbonyl (C=O) groups excluding carboxylic acids is 1. The molecule has 1 aromatic carbocycles. The van der Waals surface area contributed by atoms with Crippen molar-refractivity contribution in [3.05, 3.63) is 29.8 Å². The molecule has 0 bridgehead atoms. The maximum absolute atomic E-state index is 11.7. The highest BCUT2D eigenvalue weighted by Gasteiger charge is 2.27. The number of hydrogen-bond acceptors (Lipinski definition) is 5. The summed E-state index contributed by atoms with van der Waals surface area (Å²) in [7, 11) is 1.43. The summed E-state index contributed by atoms with van der Waals surface area (Å²) in [5, 5.41) is 0. The van der Waals surface area contributed by atoms with E-state index >= 15 is 0 Å². The quantitative estimate of drug-likeness (QED) is 0.792. The number of piperidine rings is 1. The average molecular weight is 332 g/mol. The van der Waals surface area contributed by atoms with Crippen LogP contribution in [0.15, 0.2) is 24.3 Å². The molecule has 2 unspecified atom stereocenters. The van der Waals surface area contributed by atoms with E-state index in [-0.39, 0.29) is 5.97 Å². The Balaban J connectivity index is 1.60. The summed E-state index contributed by atoms with van der Waals surface area (Å²) in [6, 6.07) is 8.27. The number of anilines is 1. The van der Waals surface area contributed by atoms with Gasteiger partial charge in [-0.15, -0.1) is 0 Å². The van der Waals surface area contributed by atoms with Crippen molar-refractivity contribution in [3.8, 4) is 0 Å². The highest BCUT2D eigenvalue weighted by atomic mass is 16.5. The number of hydrogen-bond donors (Lipinski definition) is 0. The zero-order chi connectivity index (χ0) is 16.9. The van der Waals surface area contributed by atoms with E-state index in [4.69, 9.17) is 9.47 Å². The monoisotopic (exact) mass is 332 g/mol. The van der Waals surface area contributed by atoms with Crippen LogP contribution < -0.4 is 4.90 Å². The number of nitrogens with zero attached hydrogens (tertiary/aromatic N) is 2. The SMILES string of the molecule is COC(=O)c1cccc(N2CCC(CN3CCOCC3)CC2C)c1. The summed E-state index contributed by atoms with van der Waals surface area (Å²) in [6.45, 7) is 8.38. The molecule has 2 saturated heterocycles. The Kier molecular flexibility index (Phi) is 5.74. The third-order valence-corrected chi connectivity index (χ3v) is 5.20. The van der Waals surface area contributed by atoms with Gasteiger partial charge >= 0.3 is 5.97 Å². The first-order valence-corrected chi connectivity index (χ1v) is 8.92. The summed E-state index contributed by atoms with van der Waals surface area (Å²) >= 11 is 0. The Morgan fingerprint density at radius 3 is 2.79 bits per heavy atom. The van der Waals surface area contributed by atoms with Crippen LogP contribution in [0.1, 0.15) is 30.1 Å². The van der Waals surface area contributed by atoms with Gasteiger partial charge in [0.15, 0.2) is 0 Å². The van der Waals surface area contributed by atoms with Crippen LogP contribution in [0.3, 0.4) is 0 Å². The van der Waals surface area contributed by atoms with Gasteiger partial charge in [-0.2, -0.15) is 0 Å². The molecule has 3 rings (SSSR count). The van der Waals surface area contributed by atoms with Crippen molar-refractivity contribution in [3.63, 3.8) is 0 Å². The van der Waals surface area contributed by atoms with E-state index in [0.717, 1.165) is 44.5 Å². The van der Waals surface area contributed by atoms with Gasteiger partial charge in [0, 0.05) is 37.9 Å². The molecule has 1 aromatic rings. The van der Waals surface area contributed by atoms with Gasteiger partial charge in [-0.25, -0.2) is 4.79 Å². The fourth-order valence-electron chi connectivity index (χ4n) is 3.90. The van der Waals surface area contributed by atoms with Gasteiger partial charge in [-0.05, 0) is 43.9 Å². The van der Waals surface area contributed by atoms with E-state index in [2.05, 4.69) is 22.8 Å². The maximum atomic E-state index is 11.7. The maximum Gasteiger partial charge on any atom is 0.337 e. The third-order valence-electron chi connectivity index (χ3n) is 5.20. The molecule has 0 N–H and O–H groups in total. The summed E-state index contributed by atoms with van der Waals surface area (Å²) in [5.74, 6) is 0.477. The Labute approximate surface area is 144 Å². The van der Waals surface area contributed by atoms with Crippen LogP contribution in [0, 0.1) is 5.92 Å². The van der Waals surface area contributed by atoms with Crippen LogP contribution in [0.4, 0.5) is 5.69 Å². The third kappa shape index (κ3) is 4.08. The van der Waals surface area contributed by atoms with E-state index < -0.39 is 0 Å². The van der Waals surface area contributed by atoms with E-state index in [1.54, 1.807) is 0 Å². The van der Waals surface area contributed by atoms with Gasteiger partial charge in [0.2, 0.25) is 0 Å². The van der Waals surface area contributed by atoms with Gasteiger partial charge in [0.05, 0.1) is 25.9 Å². The highest BCUT2D eigenvalue weighted by Crippen LogP contribution is 2.29. The van der Waals surface area contributed by atoms with Crippen molar-refractivity contribution >= 4 is 11.7 Å². The minimum Gasteiger partial charge on any atom is -0.465 e. The van der Waals surface area contributed by atoms with Crippen LogP contribution in [0.2, 0.25) is 0 Å². The molecule has 2 aliphatic rings. The minimum atomic E-state index is -0.272. The molecule has 2 fully saturated rings. The first-order valence-electron chi connectivity index (χ1n) is 8.92. The topological polar surface area (TPSA) is 42.0 Å². The molecule has 5 heteroatoms. The molecule has 0 saturated carbocycles. The number of rotatable bonds is 4. The summed E-state index contributed by atoms with van der Waals surface area (Å²) in [5.41, 5.74) is 1.74. The van der Waals surface area contributed by atoms with Crippen LogP contribution in [-0.4, -0.2) is 63.4 Å². The largest absolute Gasteiger partial charge is 0.465 e. The predicted octanol–water partition coefficient (Wildman–Crippen LogP) is 2.41. The van der Waals surface area contributed by atoms with Crippen molar-refractivity contribution in [2.45, 2.75) is 25.8 Å². The van der Waals surface area contributed by atoms with E-state index in [1.165, 1.54) is 26.5 Å². The molecule has 2 heterocycles. The van der Waals surface area contributed by atoms with E-state index in [9.17, 15) is 4.79 Å². The van der Waals surface area contributed by atoms with Crippen molar-refractivity contribution in [1.82, 2.24) is 4.90 Å². The number of morpholine rings is 1. The van der Waals surface area contributed by atoms with Crippen LogP contribution in [0.25, 0.3) is 0 Å². The Morgan fingerprint density at radius 2 is 2.08 bits per heavy atom. The molecular formula is C19H28N2O3. The number of esters is 1. The van der Waals surface area contributed by atoms with E-state index in [1.807, 2.05) is 18.2 Å². The Hall–Kier alpha value is -1.59.